The summed E-state index contributed by atoms with van der Waals surface area (Å²) in [5.74, 6) is 2.16. The van der Waals surface area contributed by atoms with E-state index in [-0.39, 0.29) is 12.6 Å². The van der Waals surface area contributed by atoms with E-state index in [4.69, 9.17) is 0 Å². The maximum absolute atomic E-state index is 9.55. The van der Waals surface area contributed by atoms with Crippen molar-refractivity contribution in [1.29, 1.82) is 0 Å². The maximum atomic E-state index is 9.55. The van der Waals surface area contributed by atoms with Gasteiger partial charge in [-0.15, -0.1) is 0 Å². The molecule has 1 fully saturated rings. The number of hydrogen-bond donors (Lipinski definition) is 3. The fourth-order valence-electron chi connectivity index (χ4n) is 2.47. The Labute approximate surface area is 151 Å². The van der Waals surface area contributed by atoms with Gasteiger partial charge in [-0.05, 0) is 46.8 Å². The van der Waals surface area contributed by atoms with Crippen LogP contribution in [0, 0.1) is 5.92 Å². The number of nitrogens with zero attached hydrogens (tertiary/aromatic N) is 2. The Morgan fingerprint density at radius 2 is 2.00 bits per heavy atom. The zero-order valence-electron chi connectivity index (χ0n) is 14.0. The molecule has 3 rings (SSSR count). The van der Waals surface area contributed by atoms with Crippen molar-refractivity contribution in [3.05, 3.63) is 40.5 Å². The number of benzene rings is 1. The predicted molar refractivity (Wildman–Crippen MR) is 101 cm³/mol. The van der Waals surface area contributed by atoms with Gasteiger partial charge in [-0.3, -0.25) is 0 Å². The summed E-state index contributed by atoms with van der Waals surface area (Å²) < 4.78 is 0.988. The first-order valence-electron chi connectivity index (χ1n) is 8.34. The van der Waals surface area contributed by atoms with Crippen molar-refractivity contribution in [2.45, 2.75) is 38.6 Å². The Hall–Kier alpha value is -1.66. The van der Waals surface area contributed by atoms with Crippen LogP contribution in [0.3, 0.4) is 0 Å². The predicted octanol–water partition coefficient (Wildman–Crippen LogP) is 4.29. The standard InChI is InChI=1S/C18H23BrN4O/c1-11(2)16(10-24)22-18-21-15(12-7-8-12)9-17(23-18)20-14-6-4-3-5-13(14)19/h3-6,9,11-12,16,24H,7-8,10H2,1-2H3,(H2,20,21,22,23)/t16-/m1/s1. The van der Waals surface area contributed by atoms with E-state index in [1.165, 1.54) is 12.8 Å². The van der Waals surface area contributed by atoms with E-state index in [0.717, 1.165) is 21.7 Å². The molecule has 1 aromatic heterocycles. The van der Waals surface area contributed by atoms with Crippen molar-refractivity contribution < 1.29 is 5.11 Å². The molecule has 0 unspecified atom stereocenters. The van der Waals surface area contributed by atoms with Gasteiger partial charge in [0, 0.05) is 16.5 Å². The molecule has 128 valence electrons. The lowest BCUT2D eigenvalue weighted by atomic mass is 10.1. The molecule has 1 aliphatic rings. The van der Waals surface area contributed by atoms with Gasteiger partial charge in [-0.2, -0.15) is 4.98 Å². The van der Waals surface area contributed by atoms with Crippen LogP contribution in [0.25, 0.3) is 0 Å². The number of nitrogens with one attached hydrogen (secondary N) is 2. The summed E-state index contributed by atoms with van der Waals surface area (Å²) in [5, 5.41) is 16.2. The minimum Gasteiger partial charge on any atom is -0.394 e. The fourth-order valence-corrected chi connectivity index (χ4v) is 2.86. The number of rotatable bonds is 7. The highest BCUT2D eigenvalue weighted by atomic mass is 79.9. The molecule has 2 aromatic rings. The summed E-state index contributed by atoms with van der Waals surface area (Å²) >= 11 is 3.55. The molecule has 1 atom stereocenters. The molecule has 5 nitrogen and oxygen atoms in total. The highest BCUT2D eigenvalue weighted by molar-refractivity contribution is 9.10. The van der Waals surface area contributed by atoms with Gasteiger partial charge in [-0.25, -0.2) is 4.98 Å². The summed E-state index contributed by atoms with van der Waals surface area (Å²) in [7, 11) is 0. The van der Waals surface area contributed by atoms with Crippen LogP contribution >= 0.6 is 15.9 Å². The molecule has 0 radical (unpaired) electrons. The van der Waals surface area contributed by atoms with Gasteiger partial charge < -0.3 is 15.7 Å². The smallest absolute Gasteiger partial charge is 0.225 e. The van der Waals surface area contributed by atoms with Crippen LogP contribution in [0.5, 0.6) is 0 Å². The molecule has 1 aromatic carbocycles. The Morgan fingerprint density at radius 1 is 1.25 bits per heavy atom. The van der Waals surface area contributed by atoms with Gasteiger partial charge in [-0.1, -0.05) is 26.0 Å². The van der Waals surface area contributed by atoms with Crippen molar-refractivity contribution in [2.24, 2.45) is 5.92 Å². The average Bonchev–Trinajstić information content (AvgIpc) is 3.39. The van der Waals surface area contributed by atoms with Crippen LogP contribution in [0.4, 0.5) is 17.5 Å². The van der Waals surface area contributed by atoms with Crippen LogP contribution in [-0.4, -0.2) is 27.7 Å². The lowest BCUT2D eigenvalue weighted by Gasteiger charge is -2.20. The second kappa shape index (κ2) is 7.49. The second-order valence-corrected chi connectivity index (χ2v) is 7.41. The molecule has 0 amide bonds. The van der Waals surface area contributed by atoms with E-state index < -0.39 is 0 Å². The van der Waals surface area contributed by atoms with Gasteiger partial charge in [0.15, 0.2) is 0 Å². The molecule has 0 aliphatic heterocycles. The van der Waals surface area contributed by atoms with E-state index in [9.17, 15) is 5.11 Å². The summed E-state index contributed by atoms with van der Waals surface area (Å²) in [6.45, 7) is 4.19. The first-order chi connectivity index (χ1) is 11.6. The first-order valence-corrected chi connectivity index (χ1v) is 9.14. The Morgan fingerprint density at radius 3 is 2.62 bits per heavy atom. The monoisotopic (exact) mass is 390 g/mol. The molecule has 24 heavy (non-hydrogen) atoms. The number of aliphatic hydroxyl groups excluding tert-OH is 1. The number of aromatic nitrogens is 2. The van der Waals surface area contributed by atoms with Crippen LogP contribution < -0.4 is 10.6 Å². The van der Waals surface area contributed by atoms with Crippen molar-refractivity contribution in [3.8, 4) is 0 Å². The van der Waals surface area contributed by atoms with Gasteiger partial charge >= 0.3 is 0 Å². The zero-order chi connectivity index (χ0) is 17.1. The summed E-state index contributed by atoms with van der Waals surface area (Å²) in [6.07, 6.45) is 2.36. The molecule has 0 bridgehead atoms. The maximum Gasteiger partial charge on any atom is 0.225 e. The molecule has 1 saturated carbocycles. The molecule has 3 N–H and O–H groups in total. The van der Waals surface area contributed by atoms with E-state index in [1.54, 1.807) is 0 Å². The van der Waals surface area contributed by atoms with Crippen molar-refractivity contribution in [3.63, 3.8) is 0 Å². The quantitative estimate of drug-likeness (QED) is 0.657. The molecule has 6 heteroatoms. The minimum atomic E-state index is -0.0595. The molecule has 1 heterocycles. The highest BCUT2D eigenvalue weighted by Gasteiger charge is 2.26. The zero-order valence-corrected chi connectivity index (χ0v) is 15.5. The topological polar surface area (TPSA) is 70.1 Å². The lowest BCUT2D eigenvalue weighted by Crippen LogP contribution is -2.30. The molecular formula is C18H23BrN4O. The Kier molecular flexibility index (Phi) is 5.36. The molecule has 0 saturated heterocycles. The van der Waals surface area contributed by atoms with Crippen molar-refractivity contribution in [2.75, 3.05) is 17.2 Å². The highest BCUT2D eigenvalue weighted by Crippen LogP contribution is 2.40. The number of hydrogen-bond acceptors (Lipinski definition) is 5. The molecule has 0 spiro atoms. The number of para-hydroxylation sites is 1. The van der Waals surface area contributed by atoms with Crippen LogP contribution in [0.1, 0.15) is 38.3 Å². The Balaban J connectivity index is 1.87. The third-order valence-corrected chi connectivity index (χ3v) is 4.89. The van der Waals surface area contributed by atoms with Crippen LogP contribution in [0.15, 0.2) is 34.8 Å². The summed E-state index contributed by atoms with van der Waals surface area (Å²) in [6, 6.07) is 9.91. The number of anilines is 3. The van der Waals surface area contributed by atoms with Crippen LogP contribution in [0.2, 0.25) is 0 Å². The number of aliphatic hydroxyl groups is 1. The van der Waals surface area contributed by atoms with Gasteiger partial charge in [0.25, 0.3) is 0 Å². The van der Waals surface area contributed by atoms with Gasteiger partial charge in [0.1, 0.15) is 5.82 Å². The second-order valence-electron chi connectivity index (χ2n) is 6.56. The van der Waals surface area contributed by atoms with Crippen molar-refractivity contribution >= 4 is 33.4 Å². The normalized spacial score (nSPS) is 15.4. The third kappa shape index (κ3) is 4.24. The van der Waals surface area contributed by atoms with Crippen molar-refractivity contribution in [1.82, 2.24) is 9.97 Å². The van der Waals surface area contributed by atoms with Gasteiger partial charge in [0.2, 0.25) is 5.95 Å². The largest absolute Gasteiger partial charge is 0.394 e. The minimum absolute atomic E-state index is 0.0572. The Bertz CT molecular complexity index is 703. The first kappa shape index (κ1) is 17.2. The van der Waals surface area contributed by atoms with Crippen LogP contribution in [-0.2, 0) is 0 Å². The number of halogens is 1. The summed E-state index contributed by atoms with van der Waals surface area (Å²) in [4.78, 5) is 9.23. The molecule has 1 aliphatic carbocycles. The fraction of sp³-hybridized carbons (Fsp3) is 0.444. The average molecular weight is 391 g/mol. The molecular weight excluding hydrogens is 368 g/mol. The third-order valence-electron chi connectivity index (χ3n) is 4.19. The van der Waals surface area contributed by atoms with E-state index in [2.05, 4.69) is 50.4 Å². The van der Waals surface area contributed by atoms with E-state index in [0.29, 0.717) is 17.8 Å². The SMILES string of the molecule is CC(C)[C@@H](CO)Nc1nc(Nc2ccccc2Br)cc(C2CC2)n1. The van der Waals surface area contributed by atoms with E-state index in [1.807, 2.05) is 30.3 Å². The summed E-state index contributed by atoms with van der Waals surface area (Å²) in [5.41, 5.74) is 2.02. The van der Waals surface area contributed by atoms with E-state index >= 15 is 0 Å². The van der Waals surface area contributed by atoms with Gasteiger partial charge in [0.05, 0.1) is 24.0 Å². The lowest BCUT2D eigenvalue weighted by molar-refractivity contribution is 0.248.